The van der Waals surface area contributed by atoms with Gasteiger partial charge in [-0.15, -0.1) is 20.4 Å². The number of aliphatic hydroxyl groups is 3. The van der Waals surface area contributed by atoms with E-state index in [1.54, 1.807) is 49.3 Å². The predicted molar refractivity (Wildman–Crippen MR) is 499 cm³/mol. The molecule has 670 valence electrons. The number of aromatic nitrogens is 16. The molecule has 13 heterocycles. The van der Waals surface area contributed by atoms with Gasteiger partial charge in [-0.1, -0.05) is 65.6 Å². The second-order valence-corrected chi connectivity index (χ2v) is 29.8. The number of aryl methyl sites for hydroxylation is 8. The summed E-state index contributed by atoms with van der Waals surface area (Å²) in [4.78, 5) is 55.9. The van der Waals surface area contributed by atoms with Gasteiger partial charge in [0.1, 0.15) is 114 Å². The zero-order valence-corrected chi connectivity index (χ0v) is 70.1. The lowest BCUT2D eigenvalue weighted by atomic mass is 10.0. The average molecular weight is 1760 g/mol. The molecular weight excluding hydrogens is 1650 g/mol. The number of rotatable bonds is 30. The Morgan fingerprint density at radius 3 is 1.29 bits per heavy atom. The van der Waals surface area contributed by atoms with Crippen molar-refractivity contribution < 1.29 is 57.4 Å². The first-order valence-electron chi connectivity index (χ1n) is 40.5. The number of hydrogen-bond donors (Lipinski definition) is 11. The molecule has 12 N–H and O–H groups in total. The maximum Gasteiger partial charge on any atom is 0.243 e. The molecule has 17 rings (SSSR count). The second kappa shape index (κ2) is 45.1. The summed E-state index contributed by atoms with van der Waals surface area (Å²) < 4.78 is 34.8. The summed E-state index contributed by atoms with van der Waals surface area (Å²) in [6.45, 7) is 9.73. The lowest BCUT2D eigenvalue weighted by molar-refractivity contribution is -0.671. The number of morpholine rings is 1. The normalized spacial score (nSPS) is 15.3. The Morgan fingerprint density at radius 1 is 0.492 bits per heavy atom. The number of ether oxygens (including phenoxy) is 2. The summed E-state index contributed by atoms with van der Waals surface area (Å²) in [7, 11) is 7.99. The minimum atomic E-state index is -0.409. The SMILES string of the molecule is C.C.C.C.CC1=CC(=Nc2c(NCCCn3cc[n+](C)c3)nn3ccccc23)C(NCCO)=CC1=O.C[n+]1ccn(CCCNc2nn3ccccc3c2N=C2C=C(Cl)C(O)=CC2=O)c1.C[n+]1ccn(CCCNc2nn3ccccc3c2N=C2C=C(OCCO)C(N)=CC2=N)c1.C[n+]1ccn(CCCNc2nn3ccccc3c2N=C2C=C3OCCNC3=CC2=O)c1. The third-order valence-electron chi connectivity index (χ3n) is 19.8. The molecule has 0 spiro atoms. The number of aliphatic hydroxyl groups excluding tert-OH is 3. The van der Waals surface area contributed by atoms with Gasteiger partial charge in [0.2, 0.25) is 36.9 Å². The maximum atomic E-state index is 12.6. The molecule has 4 aliphatic carbocycles. The van der Waals surface area contributed by atoms with Crippen LogP contribution < -0.4 is 55.9 Å². The van der Waals surface area contributed by atoms with Crippen LogP contribution in [0.1, 0.15) is 62.3 Å². The highest BCUT2D eigenvalue weighted by atomic mass is 35.5. The molecule has 36 nitrogen and oxygen atoms in total. The summed E-state index contributed by atoms with van der Waals surface area (Å²) in [5, 5.41) is 74.5. The number of nitrogens with one attached hydrogen (secondary N) is 7. The van der Waals surface area contributed by atoms with E-state index in [-0.39, 0.29) is 83.3 Å². The van der Waals surface area contributed by atoms with Crippen molar-refractivity contribution in [3.05, 3.63) is 266 Å². The van der Waals surface area contributed by atoms with Gasteiger partial charge in [-0.3, -0.25) is 19.8 Å². The average Bonchev–Trinajstić information content (AvgIpc) is 1.71. The molecule has 37 heteroatoms. The summed E-state index contributed by atoms with van der Waals surface area (Å²) in [5.41, 5.74) is 15.8. The fourth-order valence-electron chi connectivity index (χ4n) is 13.7. The number of nitrogens with two attached hydrogens (primary N) is 1. The van der Waals surface area contributed by atoms with Crippen LogP contribution in [0.25, 0.3) is 22.1 Å². The van der Waals surface area contributed by atoms with E-state index >= 15 is 0 Å². The van der Waals surface area contributed by atoms with Gasteiger partial charge in [-0.05, 0) is 79.3 Å². The number of allylic oxidation sites excluding steroid dienone is 10. The summed E-state index contributed by atoms with van der Waals surface area (Å²) in [6, 6.07) is 23.0. The van der Waals surface area contributed by atoms with Gasteiger partial charge >= 0.3 is 0 Å². The molecule has 0 saturated carbocycles. The Kier molecular flexibility index (Phi) is 33.6. The highest BCUT2D eigenvalue weighted by Gasteiger charge is 2.27. The monoisotopic (exact) mass is 1760 g/mol. The lowest BCUT2D eigenvalue weighted by Crippen LogP contribution is -2.31. The summed E-state index contributed by atoms with van der Waals surface area (Å²) in [5.74, 6) is 2.71. The van der Waals surface area contributed by atoms with Crippen LogP contribution in [0.2, 0.25) is 0 Å². The van der Waals surface area contributed by atoms with E-state index in [1.807, 2.05) is 194 Å². The Balaban J connectivity index is 0.000000176. The van der Waals surface area contributed by atoms with E-state index in [0.717, 1.165) is 93.1 Å². The highest BCUT2D eigenvalue weighted by Crippen LogP contribution is 2.36. The van der Waals surface area contributed by atoms with Crippen LogP contribution in [0.3, 0.4) is 0 Å². The number of anilines is 4. The van der Waals surface area contributed by atoms with Gasteiger partial charge < -0.3 is 62.4 Å². The molecule has 0 amide bonds. The van der Waals surface area contributed by atoms with Gasteiger partial charge in [0.05, 0.1) is 129 Å². The molecule has 0 unspecified atom stereocenters. The molecule has 0 bridgehead atoms. The molecule has 128 heavy (non-hydrogen) atoms. The van der Waals surface area contributed by atoms with Crippen LogP contribution in [-0.4, -0.2) is 184 Å². The number of carbonyl (C=O) groups excluding carboxylic acids is 3. The standard InChI is InChI=1S/C23H27N7O2.C22H27N8O2.C22H23N7O2.C20H19ClN6O2.4CH4/c1-17-14-19(18(15-21(17)32)24-8-13-31)26-22-20-6-3-4-10-30(20)27-23(22)25-7-5-9-29-12-11-28(2)16-29;1-28-9-10-29(15-28)7-4-6-25-22-21(19-5-2-3-8-30(19)27-22)26-18-14-20(32-12-11-31)17(24)13-16(18)23;1-27-10-11-28(15-27)8-4-6-24-22-21(18-5-2-3-9-29(18)26-22)25-16-14-20-17(13-19(16)30)23-7-12-31-20;1-25-9-10-26(13-25)7-4-6-22-20-19(16-5-2-3-8-27(16)24-20)23-15-11-14(21)17(28)12-18(15)29;;;;/h3-4,6,10-12,14-16,31H,5,7-9,13H2,1-2H3,(H-,24,25,27,32);2-3,5,8-10,13-15,23,31H,4,6-7,11-12,24H2,1H3,(H,25,27);2-3,5,9-11,13-15H,4,6-8,12H2,1H3,(H-,23,24,26,30);2-3,5,8-13H,4,6-7H2,1H3,(H-,22,24,28,29);4*1H4/q;+1;;;;;;/p+3. The van der Waals surface area contributed by atoms with Gasteiger partial charge in [0.25, 0.3) is 0 Å². The van der Waals surface area contributed by atoms with Gasteiger partial charge in [-0.2, -0.15) is 0 Å². The number of hydrogen-bond acceptors (Lipinski definition) is 24. The molecule has 12 aromatic rings. The quantitative estimate of drug-likeness (QED) is 0.00863. The number of carbonyl (C=O) groups is 3. The van der Waals surface area contributed by atoms with Crippen molar-refractivity contribution in [2.24, 2.45) is 53.9 Å². The molecule has 0 radical (unpaired) electrons. The van der Waals surface area contributed by atoms with Crippen LogP contribution >= 0.6 is 11.6 Å². The first-order valence-corrected chi connectivity index (χ1v) is 40.9. The first-order chi connectivity index (χ1) is 60.3. The van der Waals surface area contributed by atoms with Crippen LogP contribution in [0, 0.1) is 5.41 Å². The van der Waals surface area contributed by atoms with Crippen molar-refractivity contribution in [1.82, 2.24) is 67.4 Å². The fraction of sp³-hybridized carbons (Fsp3) is 0.297. The maximum absolute atomic E-state index is 12.6. The molecule has 0 aromatic carbocycles. The molecule has 12 aromatic heterocycles. The topological polar surface area (TPSA) is 406 Å². The van der Waals surface area contributed by atoms with E-state index in [1.165, 1.54) is 18.2 Å². The zero-order chi connectivity index (χ0) is 86.6. The van der Waals surface area contributed by atoms with Crippen molar-refractivity contribution in [2.75, 3.05) is 87.0 Å². The van der Waals surface area contributed by atoms with Gasteiger partial charge in [0.15, 0.2) is 29.1 Å². The Morgan fingerprint density at radius 2 is 0.891 bits per heavy atom. The minimum Gasteiger partial charge on any atom is -0.506 e. The van der Waals surface area contributed by atoms with Crippen LogP contribution in [0.5, 0.6) is 0 Å². The smallest absolute Gasteiger partial charge is 0.243 e. The van der Waals surface area contributed by atoms with E-state index in [0.29, 0.717) is 130 Å². The van der Waals surface area contributed by atoms with E-state index in [4.69, 9.17) is 52.3 Å². The number of ketones is 3. The second-order valence-electron chi connectivity index (χ2n) is 29.4. The number of fused-ring (bicyclic) bond motifs is 5. The van der Waals surface area contributed by atoms with Gasteiger partial charge in [0, 0.05) is 120 Å². The van der Waals surface area contributed by atoms with E-state index < -0.39 is 5.78 Å². The fourth-order valence-corrected chi connectivity index (χ4v) is 13.8. The Labute approximate surface area is 747 Å². The molecule has 1 saturated heterocycles. The van der Waals surface area contributed by atoms with Crippen molar-refractivity contribution in [2.45, 2.75) is 88.5 Å². The number of imidazole rings is 4. The third-order valence-corrected chi connectivity index (χ3v) is 20.1. The predicted octanol–water partition coefficient (Wildman–Crippen LogP) is 9.57. The molecule has 1 fully saturated rings. The van der Waals surface area contributed by atoms with E-state index in [9.17, 15) is 24.6 Å². The van der Waals surface area contributed by atoms with Crippen LogP contribution in [0.15, 0.2) is 286 Å². The Bertz CT molecular complexity index is 6350. The third kappa shape index (κ3) is 24.2. The molecule has 5 aliphatic rings. The van der Waals surface area contributed by atoms with Crippen molar-refractivity contribution in [1.29, 1.82) is 5.41 Å². The molecule has 1 aliphatic heterocycles. The largest absolute Gasteiger partial charge is 0.506 e. The first kappa shape index (κ1) is 95.3. The number of pyridine rings is 4. The van der Waals surface area contributed by atoms with Crippen molar-refractivity contribution in [3.8, 4) is 0 Å². The summed E-state index contributed by atoms with van der Waals surface area (Å²) in [6.07, 6.45) is 47.6. The minimum absolute atomic E-state index is 0. The lowest BCUT2D eigenvalue weighted by Gasteiger charge is -2.23. The number of halogens is 1. The van der Waals surface area contributed by atoms with E-state index in [2.05, 4.69) is 101 Å². The number of aliphatic imine (C=N–C) groups is 4. The summed E-state index contributed by atoms with van der Waals surface area (Å²) >= 11 is 5.96. The van der Waals surface area contributed by atoms with Gasteiger partial charge in [-0.25, -0.2) is 74.6 Å². The highest BCUT2D eigenvalue weighted by molar-refractivity contribution is 6.53. The zero-order valence-electron chi connectivity index (χ0n) is 69.3. The molecular formula is C91H115ClN28O8+4. The molecule has 0 atom stereocenters. The van der Waals surface area contributed by atoms with Crippen LogP contribution in [-0.2, 0) is 78.2 Å². The van der Waals surface area contributed by atoms with Crippen molar-refractivity contribution in [3.63, 3.8) is 0 Å². The van der Waals surface area contributed by atoms with Crippen LogP contribution in [0.4, 0.5) is 46.0 Å². The number of nitrogens with zero attached hydrogens (tertiary/aromatic N) is 20. The Hall–Kier alpha value is -14.9. The van der Waals surface area contributed by atoms with Crippen molar-refractivity contribution >= 4 is 126 Å².